The van der Waals surface area contributed by atoms with Gasteiger partial charge in [-0.05, 0) is 30.7 Å². The third kappa shape index (κ3) is 3.77. The Morgan fingerprint density at radius 2 is 2.06 bits per heavy atom. The Balaban J connectivity index is 2.01. The van der Waals surface area contributed by atoms with Gasteiger partial charge >= 0.3 is 0 Å². The van der Waals surface area contributed by atoms with Crippen LogP contribution >= 0.6 is 22.9 Å². The fourth-order valence-corrected chi connectivity index (χ4v) is 2.67. The molecule has 5 heteroatoms. The lowest BCUT2D eigenvalue weighted by atomic mass is 10.2. The van der Waals surface area contributed by atoms with Gasteiger partial charge in [-0.2, -0.15) is 0 Å². The minimum absolute atomic E-state index is 0.698. The molecule has 0 spiro atoms. The van der Waals surface area contributed by atoms with E-state index >= 15 is 0 Å². The Morgan fingerprint density at radius 3 is 2.82 bits per heavy atom. The zero-order chi connectivity index (χ0) is 12.1. The third-order valence-electron chi connectivity index (χ3n) is 2.35. The largest absolute Gasteiger partial charge is 0.330 e. The smallest absolute Gasteiger partial charge is 0.121 e. The maximum Gasteiger partial charge on any atom is 0.121 e. The number of nitrogens with two attached hydrogens (primary N) is 1. The number of aryl methyl sites for hydroxylation is 1. The van der Waals surface area contributed by atoms with Gasteiger partial charge in [0.1, 0.15) is 10.0 Å². The average Bonchev–Trinajstić information content (AvgIpc) is 2.74. The molecular formula is C12H14ClN3S. The Labute approximate surface area is 110 Å². The lowest BCUT2D eigenvalue weighted by molar-refractivity contribution is 0.809. The second-order valence-electron chi connectivity index (χ2n) is 3.79. The number of nitrogens with zero attached hydrogens (tertiary/aromatic N) is 2. The van der Waals surface area contributed by atoms with Gasteiger partial charge in [-0.3, -0.25) is 0 Å². The van der Waals surface area contributed by atoms with E-state index in [9.17, 15) is 0 Å². The fourth-order valence-electron chi connectivity index (χ4n) is 1.54. The van der Waals surface area contributed by atoms with Gasteiger partial charge in [-0.25, -0.2) is 0 Å². The quantitative estimate of drug-likeness (QED) is 0.906. The van der Waals surface area contributed by atoms with E-state index in [4.69, 9.17) is 17.3 Å². The van der Waals surface area contributed by atoms with Gasteiger partial charge in [0.15, 0.2) is 0 Å². The van der Waals surface area contributed by atoms with Crippen LogP contribution < -0.4 is 5.73 Å². The standard InChI is InChI=1S/C12H14ClN3S/c13-10-4-1-3-9(7-10)8-12-16-15-11(17-12)5-2-6-14/h1,3-4,7H,2,5-6,8,14H2. The summed E-state index contributed by atoms with van der Waals surface area (Å²) in [5, 5.41) is 11.2. The minimum Gasteiger partial charge on any atom is -0.330 e. The van der Waals surface area contributed by atoms with E-state index in [1.54, 1.807) is 11.3 Å². The van der Waals surface area contributed by atoms with Crippen molar-refractivity contribution >= 4 is 22.9 Å². The normalized spacial score (nSPS) is 10.7. The molecule has 2 rings (SSSR count). The van der Waals surface area contributed by atoms with Crippen molar-refractivity contribution in [2.45, 2.75) is 19.3 Å². The van der Waals surface area contributed by atoms with Crippen LogP contribution in [-0.4, -0.2) is 16.7 Å². The summed E-state index contributed by atoms with van der Waals surface area (Å²) in [4.78, 5) is 0. The number of aromatic nitrogens is 2. The van der Waals surface area contributed by atoms with Crippen molar-refractivity contribution in [3.63, 3.8) is 0 Å². The van der Waals surface area contributed by atoms with Crippen LogP contribution in [0.25, 0.3) is 0 Å². The molecule has 90 valence electrons. The molecule has 0 radical (unpaired) electrons. The Kier molecular flexibility index (Phi) is 4.48. The van der Waals surface area contributed by atoms with Crippen LogP contribution in [0.1, 0.15) is 22.0 Å². The topological polar surface area (TPSA) is 51.8 Å². The van der Waals surface area contributed by atoms with Crippen molar-refractivity contribution in [1.82, 2.24) is 10.2 Å². The van der Waals surface area contributed by atoms with Crippen LogP contribution in [0.5, 0.6) is 0 Å². The van der Waals surface area contributed by atoms with Crippen molar-refractivity contribution in [1.29, 1.82) is 0 Å². The van der Waals surface area contributed by atoms with Crippen molar-refractivity contribution in [3.8, 4) is 0 Å². The maximum absolute atomic E-state index is 5.94. The minimum atomic E-state index is 0.698. The molecule has 1 heterocycles. The summed E-state index contributed by atoms with van der Waals surface area (Å²) in [6.45, 7) is 0.698. The summed E-state index contributed by atoms with van der Waals surface area (Å²) < 4.78 is 0. The molecule has 1 aromatic heterocycles. The second-order valence-corrected chi connectivity index (χ2v) is 5.37. The fraction of sp³-hybridized carbons (Fsp3) is 0.333. The first-order valence-electron chi connectivity index (χ1n) is 5.53. The van der Waals surface area contributed by atoms with Crippen LogP contribution in [0, 0.1) is 0 Å². The first-order valence-corrected chi connectivity index (χ1v) is 6.73. The van der Waals surface area contributed by atoms with E-state index in [0.717, 1.165) is 34.3 Å². The number of benzene rings is 1. The number of hydrogen-bond acceptors (Lipinski definition) is 4. The zero-order valence-electron chi connectivity index (χ0n) is 9.40. The predicted molar refractivity (Wildman–Crippen MR) is 71.5 cm³/mol. The summed E-state index contributed by atoms with van der Waals surface area (Å²) in [5.74, 6) is 0. The molecule has 0 bridgehead atoms. The van der Waals surface area contributed by atoms with E-state index in [1.165, 1.54) is 5.56 Å². The van der Waals surface area contributed by atoms with Gasteiger partial charge < -0.3 is 5.73 Å². The van der Waals surface area contributed by atoms with Gasteiger partial charge in [0.2, 0.25) is 0 Å². The molecule has 0 saturated carbocycles. The summed E-state index contributed by atoms with van der Waals surface area (Å²) in [7, 11) is 0. The van der Waals surface area contributed by atoms with Crippen LogP contribution in [-0.2, 0) is 12.8 Å². The van der Waals surface area contributed by atoms with Gasteiger partial charge in [0.25, 0.3) is 0 Å². The van der Waals surface area contributed by atoms with E-state index in [-0.39, 0.29) is 0 Å². The first-order chi connectivity index (χ1) is 8.28. The lowest BCUT2D eigenvalue weighted by Crippen LogP contribution is -1.99. The molecule has 17 heavy (non-hydrogen) atoms. The number of hydrogen-bond donors (Lipinski definition) is 1. The SMILES string of the molecule is NCCCc1nnc(Cc2cccc(Cl)c2)s1. The molecule has 0 amide bonds. The van der Waals surface area contributed by atoms with Crippen LogP contribution in [0.4, 0.5) is 0 Å². The van der Waals surface area contributed by atoms with Crippen LogP contribution in [0.15, 0.2) is 24.3 Å². The number of rotatable bonds is 5. The van der Waals surface area contributed by atoms with Gasteiger partial charge in [0, 0.05) is 17.9 Å². The summed E-state index contributed by atoms with van der Waals surface area (Å²) >= 11 is 7.59. The summed E-state index contributed by atoms with van der Waals surface area (Å²) in [5.41, 5.74) is 6.63. The highest BCUT2D eigenvalue weighted by molar-refractivity contribution is 7.11. The zero-order valence-corrected chi connectivity index (χ0v) is 11.0. The van der Waals surface area contributed by atoms with E-state index in [0.29, 0.717) is 6.54 Å². The third-order valence-corrected chi connectivity index (χ3v) is 3.57. The molecule has 0 unspecified atom stereocenters. The number of halogens is 1. The highest BCUT2D eigenvalue weighted by Gasteiger charge is 2.05. The average molecular weight is 268 g/mol. The molecule has 0 atom stereocenters. The monoisotopic (exact) mass is 267 g/mol. The van der Waals surface area contributed by atoms with Gasteiger partial charge in [-0.15, -0.1) is 21.5 Å². The predicted octanol–water partition coefficient (Wildman–Crippen LogP) is 2.67. The molecule has 3 nitrogen and oxygen atoms in total. The van der Waals surface area contributed by atoms with Gasteiger partial charge in [-0.1, -0.05) is 23.7 Å². The second kappa shape index (κ2) is 6.10. The molecule has 0 aliphatic rings. The molecular weight excluding hydrogens is 254 g/mol. The van der Waals surface area contributed by atoms with Crippen molar-refractivity contribution < 1.29 is 0 Å². The first kappa shape index (κ1) is 12.5. The lowest BCUT2D eigenvalue weighted by Gasteiger charge is -1.97. The molecule has 2 N–H and O–H groups in total. The molecule has 0 saturated heterocycles. The molecule has 0 fully saturated rings. The highest BCUT2D eigenvalue weighted by atomic mass is 35.5. The Bertz CT molecular complexity index is 484. The molecule has 2 aromatic rings. The van der Waals surface area contributed by atoms with E-state index in [2.05, 4.69) is 10.2 Å². The van der Waals surface area contributed by atoms with Crippen LogP contribution in [0.3, 0.4) is 0 Å². The summed E-state index contributed by atoms with van der Waals surface area (Å²) in [6.07, 6.45) is 2.68. The van der Waals surface area contributed by atoms with E-state index < -0.39 is 0 Å². The molecule has 0 aliphatic carbocycles. The van der Waals surface area contributed by atoms with Crippen LogP contribution in [0.2, 0.25) is 5.02 Å². The van der Waals surface area contributed by atoms with E-state index in [1.807, 2.05) is 24.3 Å². The molecule has 0 aliphatic heterocycles. The van der Waals surface area contributed by atoms with Crippen molar-refractivity contribution in [2.24, 2.45) is 5.73 Å². The Hall–Kier alpha value is -0.970. The maximum atomic E-state index is 5.94. The van der Waals surface area contributed by atoms with Crippen molar-refractivity contribution in [2.75, 3.05) is 6.54 Å². The van der Waals surface area contributed by atoms with Gasteiger partial charge in [0.05, 0.1) is 0 Å². The van der Waals surface area contributed by atoms with Crippen molar-refractivity contribution in [3.05, 3.63) is 44.9 Å². The summed E-state index contributed by atoms with van der Waals surface area (Å²) in [6, 6.07) is 7.83. The molecule has 1 aromatic carbocycles. The Morgan fingerprint density at radius 1 is 1.24 bits per heavy atom. The highest BCUT2D eigenvalue weighted by Crippen LogP contribution is 2.18.